The standard InChI is InChI=1S/C20H23ClFN3O2S/c21-25(10-19(26)24-12-28-11-18(24)9-23)17-5-13-7-20(27,8-14(13)6-17)15-1-3-16(22)4-2-15/h1-4,13-14,17-18,27H,5-8,10-12H2/t13-,14+,17-,18-,20?/m1/s1. The van der Waals surface area contributed by atoms with Crippen molar-refractivity contribution in [3.05, 3.63) is 35.6 Å². The molecule has 0 spiro atoms. The van der Waals surface area contributed by atoms with Crippen LogP contribution in [-0.2, 0) is 10.4 Å². The lowest BCUT2D eigenvalue weighted by Gasteiger charge is -2.28. The summed E-state index contributed by atoms with van der Waals surface area (Å²) < 4.78 is 14.8. The Labute approximate surface area is 173 Å². The number of carbonyl (C=O) groups is 1. The molecule has 1 aromatic rings. The van der Waals surface area contributed by atoms with E-state index in [0.717, 1.165) is 18.4 Å². The normalized spacial score (nSPS) is 34.6. The van der Waals surface area contributed by atoms with E-state index in [1.165, 1.54) is 12.1 Å². The van der Waals surface area contributed by atoms with Crippen LogP contribution >= 0.6 is 23.5 Å². The number of nitriles is 1. The first-order valence-electron chi connectivity index (χ1n) is 9.57. The van der Waals surface area contributed by atoms with Gasteiger partial charge in [-0.15, -0.1) is 11.8 Å². The zero-order valence-electron chi connectivity index (χ0n) is 15.4. The van der Waals surface area contributed by atoms with Crippen molar-refractivity contribution >= 4 is 29.4 Å². The van der Waals surface area contributed by atoms with Gasteiger partial charge in [0, 0.05) is 11.8 Å². The van der Waals surface area contributed by atoms with Gasteiger partial charge in [0.15, 0.2) is 0 Å². The molecule has 3 fully saturated rings. The SMILES string of the molecule is N#C[C@@H]1CSCN1C(=O)CN(Cl)[C@@H]1C[C@@H]2CC(O)(c3ccc(F)cc3)C[C@@H]2C1. The molecule has 2 saturated carbocycles. The van der Waals surface area contributed by atoms with Crippen molar-refractivity contribution in [3.8, 4) is 6.07 Å². The Hall–Kier alpha value is -1.33. The third-order valence-electron chi connectivity index (χ3n) is 6.43. The van der Waals surface area contributed by atoms with Gasteiger partial charge in [0.25, 0.3) is 0 Å². The third-order valence-corrected chi connectivity index (χ3v) is 7.84. The first-order chi connectivity index (χ1) is 13.4. The molecule has 5 nitrogen and oxygen atoms in total. The summed E-state index contributed by atoms with van der Waals surface area (Å²) in [6, 6.07) is 8.01. The first kappa shape index (κ1) is 20.0. The van der Waals surface area contributed by atoms with E-state index < -0.39 is 5.60 Å². The van der Waals surface area contributed by atoms with Gasteiger partial charge in [-0.05, 0) is 67.0 Å². The molecule has 4 rings (SSSR count). The number of hydrogen-bond donors (Lipinski definition) is 1. The number of carbonyl (C=O) groups excluding carboxylic acids is 1. The molecule has 1 aromatic carbocycles. The molecule has 3 aliphatic rings. The van der Waals surface area contributed by atoms with E-state index in [1.54, 1.807) is 33.2 Å². The largest absolute Gasteiger partial charge is 0.385 e. The highest BCUT2D eigenvalue weighted by molar-refractivity contribution is 7.99. The van der Waals surface area contributed by atoms with E-state index >= 15 is 0 Å². The molecule has 1 heterocycles. The molecule has 1 unspecified atom stereocenters. The topological polar surface area (TPSA) is 67.6 Å². The van der Waals surface area contributed by atoms with Gasteiger partial charge < -0.3 is 10.0 Å². The molecule has 0 bridgehead atoms. The van der Waals surface area contributed by atoms with Gasteiger partial charge in [0.2, 0.25) is 5.91 Å². The highest BCUT2D eigenvalue weighted by Gasteiger charge is 2.50. The number of rotatable bonds is 4. The van der Waals surface area contributed by atoms with E-state index in [-0.39, 0.29) is 30.4 Å². The highest BCUT2D eigenvalue weighted by atomic mass is 35.5. The lowest BCUT2D eigenvalue weighted by Crippen LogP contribution is -2.42. The van der Waals surface area contributed by atoms with Crippen molar-refractivity contribution < 1.29 is 14.3 Å². The van der Waals surface area contributed by atoms with Gasteiger partial charge in [-0.2, -0.15) is 5.26 Å². The number of hydrogen-bond acceptors (Lipinski definition) is 5. The summed E-state index contributed by atoms with van der Waals surface area (Å²) in [5, 5.41) is 20.2. The third kappa shape index (κ3) is 3.76. The number of benzene rings is 1. The van der Waals surface area contributed by atoms with Gasteiger partial charge >= 0.3 is 0 Å². The van der Waals surface area contributed by atoms with Crippen molar-refractivity contribution in [1.82, 2.24) is 9.32 Å². The van der Waals surface area contributed by atoms with E-state index in [4.69, 9.17) is 17.0 Å². The summed E-state index contributed by atoms with van der Waals surface area (Å²) in [5.74, 6) is 1.47. The van der Waals surface area contributed by atoms with Gasteiger partial charge in [-0.1, -0.05) is 12.1 Å². The fourth-order valence-corrected chi connectivity index (χ4v) is 6.37. The number of thioether (sulfide) groups is 1. The molecule has 5 atom stereocenters. The van der Waals surface area contributed by atoms with Crippen LogP contribution in [0.4, 0.5) is 4.39 Å². The Morgan fingerprint density at radius 2 is 2.00 bits per heavy atom. The smallest absolute Gasteiger partial charge is 0.239 e. The van der Waals surface area contributed by atoms with Crippen LogP contribution in [0.5, 0.6) is 0 Å². The molecule has 1 aliphatic heterocycles. The van der Waals surface area contributed by atoms with E-state index in [1.807, 2.05) is 0 Å². The van der Waals surface area contributed by atoms with Crippen LogP contribution in [0.3, 0.4) is 0 Å². The minimum atomic E-state index is -0.909. The van der Waals surface area contributed by atoms with Gasteiger partial charge in [0.05, 0.1) is 24.1 Å². The van der Waals surface area contributed by atoms with Crippen LogP contribution in [0.1, 0.15) is 31.2 Å². The monoisotopic (exact) mass is 423 g/mol. The molecule has 0 radical (unpaired) electrons. The zero-order chi connectivity index (χ0) is 19.9. The Morgan fingerprint density at radius 3 is 2.61 bits per heavy atom. The number of nitrogens with zero attached hydrogens (tertiary/aromatic N) is 3. The predicted molar refractivity (Wildman–Crippen MR) is 106 cm³/mol. The van der Waals surface area contributed by atoms with Gasteiger partial charge in [-0.3, -0.25) is 4.79 Å². The Bertz CT molecular complexity index is 773. The van der Waals surface area contributed by atoms with Gasteiger partial charge in [-0.25, -0.2) is 8.81 Å². The van der Waals surface area contributed by atoms with Gasteiger partial charge in [0.1, 0.15) is 11.9 Å². The Kier molecular flexibility index (Phi) is 5.58. The van der Waals surface area contributed by atoms with Crippen molar-refractivity contribution in [1.29, 1.82) is 5.26 Å². The first-order valence-corrected chi connectivity index (χ1v) is 11.1. The van der Waals surface area contributed by atoms with E-state index in [2.05, 4.69) is 6.07 Å². The fourth-order valence-electron chi connectivity index (χ4n) is 5.00. The fraction of sp³-hybridized carbons (Fsp3) is 0.600. The van der Waals surface area contributed by atoms with Crippen LogP contribution in [0.15, 0.2) is 24.3 Å². The van der Waals surface area contributed by atoms with Crippen LogP contribution < -0.4 is 0 Å². The number of fused-ring (bicyclic) bond motifs is 1. The van der Waals surface area contributed by atoms with Crippen molar-refractivity contribution in [3.63, 3.8) is 0 Å². The maximum Gasteiger partial charge on any atom is 0.239 e. The summed E-state index contributed by atoms with van der Waals surface area (Å²) >= 11 is 8.04. The number of amides is 1. The maximum atomic E-state index is 13.2. The van der Waals surface area contributed by atoms with E-state index in [9.17, 15) is 14.3 Å². The summed E-state index contributed by atoms with van der Waals surface area (Å²) in [5.41, 5.74) is -0.139. The molecule has 8 heteroatoms. The number of halogens is 2. The average Bonchev–Trinajstić information content (AvgIpc) is 3.35. The minimum Gasteiger partial charge on any atom is -0.385 e. The lowest BCUT2D eigenvalue weighted by atomic mass is 9.89. The van der Waals surface area contributed by atoms with E-state index in [0.29, 0.717) is 36.3 Å². The van der Waals surface area contributed by atoms with Crippen LogP contribution in [0.2, 0.25) is 0 Å². The summed E-state index contributed by atoms with van der Waals surface area (Å²) in [6.45, 7) is 0.104. The van der Waals surface area contributed by atoms with Crippen molar-refractivity contribution in [2.45, 2.75) is 43.4 Å². The second-order valence-electron chi connectivity index (χ2n) is 8.16. The second-order valence-corrected chi connectivity index (χ2v) is 9.59. The van der Waals surface area contributed by atoms with Crippen molar-refractivity contribution in [2.24, 2.45) is 11.8 Å². The van der Waals surface area contributed by atoms with Crippen LogP contribution in [0, 0.1) is 29.0 Å². The molecule has 2 aliphatic carbocycles. The Balaban J connectivity index is 1.34. The summed E-state index contributed by atoms with van der Waals surface area (Å²) in [7, 11) is 0. The molecule has 1 amide bonds. The predicted octanol–water partition coefficient (Wildman–Crippen LogP) is 3.08. The van der Waals surface area contributed by atoms with Crippen molar-refractivity contribution in [2.75, 3.05) is 18.2 Å². The molecule has 1 saturated heterocycles. The molecular weight excluding hydrogens is 401 g/mol. The van der Waals surface area contributed by atoms with Crippen LogP contribution in [0.25, 0.3) is 0 Å². The zero-order valence-corrected chi connectivity index (χ0v) is 17.0. The Morgan fingerprint density at radius 1 is 1.36 bits per heavy atom. The number of aliphatic hydroxyl groups is 1. The molecule has 1 N–H and O–H groups in total. The minimum absolute atomic E-state index is 0.0918. The summed E-state index contributed by atoms with van der Waals surface area (Å²) in [6.07, 6.45) is 2.94. The molecule has 150 valence electrons. The summed E-state index contributed by atoms with van der Waals surface area (Å²) in [4.78, 5) is 14.1. The molecule has 0 aromatic heterocycles. The molecular formula is C20H23ClFN3O2S. The average molecular weight is 424 g/mol. The maximum absolute atomic E-state index is 13.2. The lowest BCUT2D eigenvalue weighted by molar-refractivity contribution is -0.131. The van der Waals surface area contributed by atoms with Crippen LogP contribution in [-0.4, -0.2) is 50.6 Å². The quantitative estimate of drug-likeness (QED) is 0.754. The second kappa shape index (κ2) is 7.83. The molecule has 28 heavy (non-hydrogen) atoms. The highest BCUT2D eigenvalue weighted by Crippen LogP contribution is 2.53.